The summed E-state index contributed by atoms with van der Waals surface area (Å²) in [5.41, 5.74) is 0.891. The van der Waals surface area contributed by atoms with Crippen molar-refractivity contribution < 1.29 is 19.4 Å². The van der Waals surface area contributed by atoms with E-state index in [0.29, 0.717) is 6.42 Å². The molecule has 1 aromatic carbocycles. The summed E-state index contributed by atoms with van der Waals surface area (Å²) in [7, 11) is 3.87. The van der Waals surface area contributed by atoms with E-state index in [0.717, 1.165) is 30.1 Å². The van der Waals surface area contributed by atoms with Crippen molar-refractivity contribution in [3.63, 3.8) is 0 Å². The van der Waals surface area contributed by atoms with Crippen molar-refractivity contribution in [2.75, 3.05) is 5.75 Å². The van der Waals surface area contributed by atoms with Crippen molar-refractivity contribution in [3.8, 4) is 5.75 Å². The molecule has 1 aliphatic heterocycles. The molecule has 0 bridgehead atoms. The Bertz CT molecular complexity index is 539. The number of benzene rings is 1. The third kappa shape index (κ3) is 5.25. The van der Waals surface area contributed by atoms with Crippen LogP contribution in [0.4, 0.5) is 0 Å². The molecule has 4 nitrogen and oxygen atoms in total. The number of rotatable bonds is 7. The van der Waals surface area contributed by atoms with Gasteiger partial charge in [-0.15, -0.1) is 0 Å². The first-order chi connectivity index (χ1) is 10.6. The third-order valence-electron chi connectivity index (χ3n) is 3.48. The molecule has 120 valence electrons. The number of aromatic carboxylic acids is 1. The highest BCUT2D eigenvalue weighted by Crippen LogP contribution is 2.39. The van der Waals surface area contributed by atoms with E-state index in [1.165, 1.54) is 18.2 Å². The molecule has 6 heteroatoms. The summed E-state index contributed by atoms with van der Waals surface area (Å²) in [5, 5.41) is 9.83. The molecular formula is C16H20O4S2. The van der Waals surface area contributed by atoms with Gasteiger partial charge in [-0.2, -0.15) is 0 Å². The fourth-order valence-electron chi connectivity index (χ4n) is 2.27. The molecule has 1 fully saturated rings. The molecule has 1 saturated heterocycles. The minimum Gasteiger partial charge on any atom is -0.478 e. The number of hydrogen-bond donors (Lipinski definition) is 1. The minimum atomic E-state index is -1.08. The van der Waals surface area contributed by atoms with Gasteiger partial charge in [0.05, 0.1) is 0 Å². The first kappa shape index (κ1) is 17.2. The van der Waals surface area contributed by atoms with Crippen LogP contribution in [0.25, 0.3) is 0 Å². The summed E-state index contributed by atoms with van der Waals surface area (Å²) in [6.07, 6.45) is 4.51. The van der Waals surface area contributed by atoms with Crippen LogP contribution in [0.15, 0.2) is 18.2 Å². The summed E-state index contributed by atoms with van der Waals surface area (Å²) >= 11 is 0. The van der Waals surface area contributed by atoms with Crippen LogP contribution in [0.5, 0.6) is 5.75 Å². The molecule has 22 heavy (non-hydrogen) atoms. The third-order valence-corrected chi connectivity index (χ3v) is 6.48. The van der Waals surface area contributed by atoms with Crippen LogP contribution >= 0.6 is 21.6 Å². The van der Waals surface area contributed by atoms with Crippen molar-refractivity contribution in [1.82, 2.24) is 0 Å². The Hall–Kier alpha value is -1.14. The highest BCUT2D eigenvalue weighted by Gasteiger charge is 2.17. The molecule has 2 rings (SSSR count). The van der Waals surface area contributed by atoms with Gasteiger partial charge in [-0.05, 0) is 43.9 Å². The molecule has 1 aliphatic rings. The van der Waals surface area contributed by atoms with Crippen molar-refractivity contribution in [2.24, 2.45) is 0 Å². The Kier molecular flexibility index (Phi) is 6.64. The molecule has 0 aliphatic carbocycles. The smallest absolute Gasteiger partial charge is 0.339 e. The Labute approximate surface area is 138 Å². The summed E-state index contributed by atoms with van der Waals surface area (Å²) in [5.74, 6) is -0.0803. The monoisotopic (exact) mass is 340 g/mol. The van der Waals surface area contributed by atoms with E-state index in [-0.39, 0.29) is 17.3 Å². The van der Waals surface area contributed by atoms with Crippen LogP contribution in [0.1, 0.15) is 48.0 Å². The Morgan fingerprint density at radius 2 is 2.18 bits per heavy atom. The highest BCUT2D eigenvalue weighted by atomic mass is 33.1. The number of carboxylic acids is 1. The van der Waals surface area contributed by atoms with E-state index < -0.39 is 5.97 Å². The number of carbonyl (C=O) groups excluding carboxylic acids is 1. The van der Waals surface area contributed by atoms with E-state index in [9.17, 15) is 9.59 Å². The number of hydrogen-bond acceptors (Lipinski definition) is 5. The van der Waals surface area contributed by atoms with Crippen LogP contribution < -0.4 is 4.74 Å². The lowest BCUT2D eigenvalue weighted by molar-refractivity contribution is -0.134. The Morgan fingerprint density at radius 1 is 1.36 bits per heavy atom. The second kappa shape index (κ2) is 8.48. The molecule has 0 spiro atoms. The predicted molar refractivity (Wildman–Crippen MR) is 90.7 cm³/mol. The van der Waals surface area contributed by atoms with E-state index in [1.807, 2.05) is 28.5 Å². The lowest BCUT2D eigenvalue weighted by atomic mass is 10.1. The van der Waals surface area contributed by atoms with Gasteiger partial charge in [0.25, 0.3) is 0 Å². The molecule has 0 radical (unpaired) electrons. The maximum absolute atomic E-state index is 11.9. The highest BCUT2D eigenvalue weighted by molar-refractivity contribution is 8.77. The fourth-order valence-corrected chi connectivity index (χ4v) is 5.30. The number of aryl methyl sites for hydroxylation is 1. The fraction of sp³-hybridized carbons (Fsp3) is 0.500. The summed E-state index contributed by atoms with van der Waals surface area (Å²) in [6, 6.07) is 4.75. The van der Waals surface area contributed by atoms with Gasteiger partial charge in [-0.3, -0.25) is 4.79 Å². The van der Waals surface area contributed by atoms with Crippen LogP contribution in [-0.4, -0.2) is 28.0 Å². The maximum atomic E-state index is 11.9. The summed E-state index contributed by atoms with van der Waals surface area (Å²) < 4.78 is 5.23. The van der Waals surface area contributed by atoms with Gasteiger partial charge in [0.1, 0.15) is 11.3 Å². The average Bonchev–Trinajstić information content (AvgIpc) is 2.96. The Morgan fingerprint density at radius 3 is 2.86 bits per heavy atom. The van der Waals surface area contributed by atoms with Gasteiger partial charge in [-0.25, -0.2) is 4.79 Å². The predicted octanol–water partition coefficient (Wildman–Crippen LogP) is 4.31. The van der Waals surface area contributed by atoms with E-state index in [2.05, 4.69) is 0 Å². The van der Waals surface area contributed by atoms with Crippen LogP contribution in [-0.2, 0) is 4.79 Å². The van der Waals surface area contributed by atoms with Crippen LogP contribution in [0.3, 0.4) is 0 Å². The molecule has 0 saturated carbocycles. The number of carboxylic acid groups (broad SMARTS) is 1. The molecule has 1 heterocycles. The number of esters is 1. The molecule has 1 unspecified atom stereocenters. The van der Waals surface area contributed by atoms with E-state index in [1.54, 1.807) is 12.1 Å². The van der Waals surface area contributed by atoms with Gasteiger partial charge in [0.2, 0.25) is 0 Å². The number of carbonyl (C=O) groups is 2. The van der Waals surface area contributed by atoms with Crippen molar-refractivity contribution in [3.05, 3.63) is 29.3 Å². The molecule has 1 N–H and O–H groups in total. The number of ether oxygens (including phenoxy) is 1. The first-order valence-electron chi connectivity index (χ1n) is 7.39. The van der Waals surface area contributed by atoms with E-state index >= 15 is 0 Å². The Balaban J connectivity index is 1.78. The van der Waals surface area contributed by atoms with Crippen LogP contribution in [0, 0.1) is 6.92 Å². The van der Waals surface area contributed by atoms with Gasteiger partial charge < -0.3 is 9.84 Å². The minimum absolute atomic E-state index is 0.0262. The largest absolute Gasteiger partial charge is 0.478 e. The van der Waals surface area contributed by atoms with E-state index in [4.69, 9.17) is 9.84 Å². The van der Waals surface area contributed by atoms with Gasteiger partial charge in [-0.1, -0.05) is 34.1 Å². The summed E-state index contributed by atoms with van der Waals surface area (Å²) in [4.78, 5) is 23.0. The van der Waals surface area contributed by atoms with Gasteiger partial charge >= 0.3 is 11.9 Å². The van der Waals surface area contributed by atoms with Crippen molar-refractivity contribution in [1.29, 1.82) is 0 Å². The zero-order chi connectivity index (χ0) is 15.9. The second-order valence-corrected chi connectivity index (χ2v) is 8.14. The standard InChI is InChI=1S/C16H20O4S2/c1-11-6-7-13(16(18)19)14(10-11)20-15(17)5-3-2-4-12-8-9-21-22-12/h6-7,10,12H,2-5,8-9H2,1H3,(H,18,19). The molecule has 0 amide bonds. The zero-order valence-corrected chi connectivity index (χ0v) is 14.2. The maximum Gasteiger partial charge on any atom is 0.339 e. The molecule has 1 atom stereocenters. The summed E-state index contributed by atoms with van der Waals surface area (Å²) in [6.45, 7) is 1.83. The van der Waals surface area contributed by atoms with Gasteiger partial charge in [0.15, 0.2) is 0 Å². The normalized spacial score (nSPS) is 17.4. The topological polar surface area (TPSA) is 63.6 Å². The SMILES string of the molecule is Cc1ccc(C(=O)O)c(OC(=O)CCCCC2CCSS2)c1. The lowest BCUT2D eigenvalue weighted by Gasteiger charge is -2.09. The van der Waals surface area contributed by atoms with Gasteiger partial charge in [0, 0.05) is 17.4 Å². The second-order valence-electron chi connectivity index (χ2n) is 5.35. The van der Waals surface area contributed by atoms with Crippen LogP contribution in [0.2, 0.25) is 0 Å². The molecular weight excluding hydrogens is 320 g/mol. The van der Waals surface area contributed by atoms with Crippen molar-refractivity contribution in [2.45, 2.75) is 44.3 Å². The van der Waals surface area contributed by atoms with Crippen molar-refractivity contribution >= 4 is 33.5 Å². The average molecular weight is 340 g/mol. The molecule has 0 aromatic heterocycles. The zero-order valence-electron chi connectivity index (χ0n) is 12.5. The molecule has 1 aromatic rings. The quantitative estimate of drug-likeness (QED) is 0.345. The first-order valence-corrected chi connectivity index (χ1v) is 9.77. The lowest BCUT2D eigenvalue weighted by Crippen LogP contribution is -2.11. The number of unbranched alkanes of at least 4 members (excludes halogenated alkanes) is 1.